The Morgan fingerprint density at radius 1 is 1.50 bits per heavy atom. The van der Waals surface area contributed by atoms with Gasteiger partial charge in [-0.2, -0.15) is 0 Å². The van der Waals surface area contributed by atoms with Gasteiger partial charge >= 0.3 is 5.97 Å². The van der Waals surface area contributed by atoms with Crippen LogP contribution < -0.4 is 4.72 Å². The van der Waals surface area contributed by atoms with Crippen molar-refractivity contribution >= 4 is 27.3 Å². The maximum atomic E-state index is 11.9. The summed E-state index contributed by atoms with van der Waals surface area (Å²) in [6, 6.07) is 0. The number of sulfonamides is 1. The van der Waals surface area contributed by atoms with Crippen molar-refractivity contribution in [3.05, 3.63) is 11.1 Å². The molecule has 1 heterocycles. The number of thiazole rings is 1. The van der Waals surface area contributed by atoms with Crippen LogP contribution in [-0.2, 0) is 14.8 Å². The molecule has 1 rings (SSSR count). The molecule has 0 radical (unpaired) electrons. The number of ether oxygens (including phenoxy) is 1. The van der Waals surface area contributed by atoms with Crippen LogP contribution in [0.3, 0.4) is 0 Å². The summed E-state index contributed by atoms with van der Waals surface area (Å²) >= 11 is 0.889. The van der Waals surface area contributed by atoms with Gasteiger partial charge in [0.15, 0.2) is 5.69 Å². The molecule has 18 heavy (non-hydrogen) atoms. The van der Waals surface area contributed by atoms with Crippen molar-refractivity contribution in [3.8, 4) is 0 Å². The quantitative estimate of drug-likeness (QED) is 0.848. The van der Waals surface area contributed by atoms with Gasteiger partial charge in [-0.1, -0.05) is 0 Å². The van der Waals surface area contributed by atoms with E-state index in [0.29, 0.717) is 0 Å². The average molecular weight is 292 g/mol. The van der Waals surface area contributed by atoms with E-state index in [2.05, 4.69) is 9.71 Å². The van der Waals surface area contributed by atoms with Gasteiger partial charge in [0.25, 0.3) is 10.0 Å². The van der Waals surface area contributed by atoms with E-state index >= 15 is 0 Å². The Morgan fingerprint density at radius 3 is 2.61 bits per heavy atom. The highest BCUT2D eigenvalue weighted by Crippen LogP contribution is 2.18. The highest BCUT2D eigenvalue weighted by molar-refractivity contribution is 7.91. The summed E-state index contributed by atoms with van der Waals surface area (Å²) in [6.45, 7) is 7.07. The summed E-state index contributed by atoms with van der Waals surface area (Å²) in [6.07, 6.45) is 0. The van der Waals surface area contributed by atoms with E-state index in [1.54, 1.807) is 27.7 Å². The molecule has 0 aliphatic carbocycles. The number of hydrogen-bond donors (Lipinski definition) is 1. The summed E-state index contributed by atoms with van der Waals surface area (Å²) in [4.78, 5) is 15.2. The van der Waals surface area contributed by atoms with Crippen molar-refractivity contribution in [3.63, 3.8) is 0 Å². The van der Waals surface area contributed by atoms with Crippen molar-refractivity contribution < 1.29 is 17.9 Å². The van der Waals surface area contributed by atoms with Gasteiger partial charge in [0.1, 0.15) is 0 Å². The number of esters is 1. The lowest BCUT2D eigenvalue weighted by Gasteiger charge is -2.18. The maximum Gasteiger partial charge on any atom is 0.357 e. The van der Waals surface area contributed by atoms with Gasteiger partial charge in [0.05, 0.1) is 6.61 Å². The Kier molecular flexibility index (Phi) is 4.46. The minimum Gasteiger partial charge on any atom is -0.461 e. The molecule has 0 atom stereocenters. The van der Waals surface area contributed by atoms with E-state index in [0.717, 1.165) is 11.3 Å². The van der Waals surface area contributed by atoms with E-state index in [4.69, 9.17) is 4.74 Å². The lowest BCUT2D eigenvalue weighted by molar-refractivity contribution is 0.0520. The van der Waals surface area contributed by atoms with Gasteiger partial charge < -0.3 is 4.74 Å². The largest absolute Gasteiger partial charge is 0.461 e. The highest BCUT2D eigenvalue weighted by Gasteiger charge is 2.26. The molecule has 0 fully saturated rings. The molecule has 1 aromatic heterocycles. The molecule has 0 spiro atoms. The SMILES string of the molecule is CCOC(=O)c1csc(S(=O)(=O)NC(C)(C)C)n1. The third-order valence-electron chi connectivity index (χ3n) is 1.64. The average Bonchev–Trinajstić information content (AvgIpc) is 2.63. The molecule has 1 N–H and O–H groups in total. The molecule has 0 saturated heterocycles. The lowest BCUT2D eigenvalue weighted by Crippen LogP contribution is -2.40. The number of aromatic nitrogens is 1. The lowest BCUT2D eigenvalue weighted by atomic mass is 10.1. The second kappa shape index (κ2) is 5.33. The fraction of sp³-hybridized carbons (Fsp3) is 0.600. The number of carbonyl (C=O) groups is 1. The first-order valence-corrected chi connectivity index (χ1v) is 7.68. The van der Waals surface area contributed by atoms with Crippen LogP contribution in [0.4, 0.5) is 0 Å². The van der Waals surface area contributed by atoms with Gasteiger partial charge in [-0.3, -0.25) is 0 Å². The van der Waals surface area contributed by atoms with E-state index in [1.165, 1.54) is 5.38 Å². The van der Waals surface area contributed by atoms with Crippen molar-refractivity contribution in [1.29, 1.82) is 0 Å². The van der Waals surface area contributed by atoms with Gasteiger partial charge in [-0.25, -0.2) is 22.9 Å². The fourth-order valence-electron chi connectivity index (χ4n) is 1.13. The molecular weight excluding hydrogens is 276 g/mol. The molecule has 0 unspecified atom stereocenters. The Labute approximate surface area is 110 Å². The number of hydrogen-bond acceptors (Lipinski definition) is 6. The van der Waals surface area contributed by atoms with Crippen LogP contribution >= 0.6 is 11.3 Å². The summed E-state index contributed by atoms with van der Waals surface area (Å²) in [5.41, 5.74) is -0.592. The van der Waals surface area contributed by atoms with E-state index < -0.39 is 21.5 Å². The molecule has 0 aliphatic heterocycles. The molecule has 0 aliphatic rings. The third-order valence-corrected chi connectivity index (χ3v) is 4.65. The monoisotopic (exact) mass is 292 g/mol. The van der Waals surface area contributed by atoms with Crippen LogP contribution in [0.15, 0.2) is 9.72 Å². The fourth-order valence-corrected chi connectivity index (χ4v) is 3.53. The van der Waals surface area contributed by atoms with Gasteiger partial charge in [-0.15, -0.1) is 11.3 Å². The Morgan fingerprint density at radius 2 is 2.11 bits per heavy atom. The number of nitrogens with zero attached hydrogens (tertiary/aromatic N) is 1. The molecule has 0 bridgehead atoms. The second-order valence-corrected chi connectivity index (χ2v) is 7.29. The first-order valence-electron chi connectivity index (χ1n) is 5.32. The summed E-state index contributed by atoms with van der Waals surface area (Å²) < 4.78 is 30.9. The molecule has 0 aromatic carbocycles. The molecule has 6 nitrogen and oxygen atoms in total. The minimum absolute atomic E-state index is 0.0103. The molecule has 0 saturated carbocycles. The van der Waals surface area contributed by atoms with E-state index in [-0.39, 0.29) is 16.6 Å². The summed E-state index contributed by atoms with van der Waals surface area (Å²) in [5.74, 6) is -0.619. The first-order chi connectivity index (χ1) is 8.15. The predicted molar refractivity (Wildman–Crippen MR) is 68.1 cm³/mol. The van der Waals surface area contributed by atoms with Crippen LogP contribution in [0.1, 0.15) is 38.2 Å². The predicted octanol–water partition coefficient (Wildman–Crippen LogP) is 1.40. The Bertz CT molecular complexity index is 528. The van der Waals surface area contributed by atoms with E-state index in [1.807, 2.05) is 0 Å². The number of rotatable bonds is 4. The summed E-state index contributed by atoms with van der Waals surface area (Å²) in [7, 11) is -3.70. The first kappa shape index (κ1) is 15.1. The number of nitrogens with one attached hydrogen (secondary N) is 1. The van der Waals surface area contributed by atoms with E-state index in [9.17, 15) is 13.2 Å². The van der Waals surface area contributed by atoms with Crippen molar-refractivity contribution in [2.75, 3.05) is 6.61 Å². The molecule has 8 heteroatoms. The maximum absolute atomic E-state index is 11.9. The molecule has 102 valence electrons. The van der Waals surface area contributed by atoms with Crippen LogP contribution in [0, 0.1) is 0 Å². The van der Waals surface area contributed by atoms with Gasteiger partial charge in [-0.05, 0) is 27.7 Å². The van der Waals surface area contributed by atoms with Gasteiger partial charge in [0, 0.05) is 10.9 Å². The zero-order chi connectivity index (χ0) is 14.0. The van der Waals surface area contributed by atoms with Crippen molar-refractivity contribution in [2.24, 2.45) is 0 Å². The van der Waals surface area contributed by atoms with Crippen molar-refractivity contribution in [1.82, 2.24) is 9.71 Å². The normalized spacial score (nSPS) is 12.4. The minimum atomic E-state index is -3.70. The zero-order valence-electron chi connectivity index (χ0n) is 10.7. The Balaban J connectivity index is 2.95. The zero-order valence-corrected chi connectivity index (χ0v) is 12.3. The van der Waals surface area contributed by atoms with Crippen LogP contribution in [0.5, 0.6) is 0 Å². The standard InChI is InChI=1S/C10H16N2O4S2/c1-5-16-8(13)7-6-17-9(11-7)18(14,15)12-10(2,3)4/h6,12H,5H2,1-4H3. The molecular formula is C10H16N2O4S2. The van der Waals surface area contributed by atoms with Crippen LogP contribution in [-0.4, -0.2) is 31.5 Å². The number of carbonyl (C=O) groups excluding carboxylic acids is 1. The second-order valence-electron chi connectivity index (χ2n) is 4.57. The van der Waals surface area contributed by atoms with Crippen molar-refractivity contribution in [2.45, 2.75) is 37.6 Å². The third kappa shape index (κ3) is 4.04. The molecule has 0 amide bonds. The summed E-state index contributed by atoms with van der Waals surface area (Å²) in [5, 5.41) is 1.37. The highest BCUT2D eigenvalue weighted by atomic mass is 32.2. The van der Waals surface area contributed by atoms with Crippen LogP contribution in [0.2, 0.25) is 0 Å². The topological polar surface area (TPSA) is 85.4 Å². The Hall–Kier alpha value is -0.990. The van der Waals surface area contributed by atoms with Gasteiger partial charge in [0.2, 0.25) is 4.34 Å². The molecule has 1 aromatic rings. The van der Waals surface area contributed by atoms with Crippen LogP contribution in [0.25, 0.3) is 0 Å². The smallest absolute Gasteiger partial charge is 0.357 e.